The molecule has 3 N–H and O–H groups in total. The Labute approximate surface area is 103 Å². The Hall–Kier alpha value is -0.900. The highest BCUT2D eigenvalue weighted by Gasteiger charge is 2.30. The fourth-order valence-corrected chi connectivity index (χ4v) is 2.66. The van der Waals surface area contributed by atoms with E-state index in [1.807, 2.05) is 0 Å². The largest absolute Gasteiger partial charge is 0.378 e. The molecule has 0 aliphatic carbocycles. The van der Waals surface area contributed by atoms with Crippen LogP contribution in [0.25, 0.3) is 0 Å². The minimum absolute atomic E-state index is 0.326. The number of benzene rings is 1. The predicted molar refractivity (Wildman–Crippen MR) is 69.4 cm³/mol. The summed E-state index contributed by atoms with van der Waals surface area (Å²) in [6.07, 6.45) is 3.58. The average Bonchev–Trinajstić information content (AvgIpc) is 2.78. The molecular weight excluding hydrogens is 212 g/mol. The predicted octanol–water partition coefficient (Wildman–Crippen LogP) is 1.88. The molecule has 0 saturated carbocycles. The van der Waals surface area contributed by atoms with Crippen LogP contribution in [0, 0.1) is 5.92 Å². The van der Waals surface area contributed by atoms with E-state index in [0.717, 1.165) is 25.9 Å². The van der Waals surface area contributed by atoms with Crippen molar-refractivity contribution in [3.8, 4) is 0 Å². The summed E-state index contributed by atoms with van der Waals surface area (Å²) in [4.78, 5) is 0. The van der Waals surface area contributed by atoms with E-state index in [2.05, 4.69) is 42.7 Å². The zero-order chi connectivity index (χ0) is 12.1. The second kappa shape index (κ2) is 6.15. The molecule has 1 aliphatic rings. The van der Waals surface area contributed by atoms with E-state index in [0.29, 0.717) is 18.1 Å². The van der Waals surface area contributed by atoms with Gasteiger partial charge in [-0.15, -0.1) is 0 Å². The molecule has 3 atom stereocenters. The minimum Gasteiger partial charge on any atom is -0.378 e. The van der Waals surface area contributed by atoms with Crippen LogP contribution in [0.4, 0.5) is 0 Å². The molecule has 3 nitrogen and oxygen atoms in total. The summed E-state index contributed by atoms with van der Waals surface area (Å²) in [6, 6.07) is 10.9. The van der Waals surface area contributed by atoms with Crippen molar-refractivity contribution in [2.24, 2.45) is 11.8 Å². The summed E-state index contributed by atoms with van der Waals surface area (Å²) in [5, 5.41) is 0. The molecule has 0 amide bonds. The molecular formula is C14H22N2O. The molecule has 1 aromatic carbocycles. The molecule has 0 radical (unpaired) electrons. The molecule has 1 saturated heterocycles. The van der Waals surface area contributed by atoms with Crippen LogP contribution < -0.4 is 11.3 Å². The van der Waals surface area contributed by atoms with Gasteiger partial charge in [0, 0.05) is 18.6 Å². The van der Waals surface area contributed by atoms with Gasteiger partial charge in [0.2, 0.25) is 0 Å². The van der Waals surface area contributed by atoms with Gasteiger partial charge in [0.1, 0.15) is 0 Å². The van der Waals surface area contributed by atoms with Gasteiger partial charge >= 0.3 is 0 Å². The number of hydrogen-bond donors (Lipinski definition) is 2. The Kier molecular flexibility index (Phi) is 4.54. The molecule has 3 unspecified atom stereocenters. The first-order valence-corrected chi connectivity index (χ1v) is 6.43. The average molecular weight is 234 g/mol. The van der Waals surface area contributed by atoms with Gasteiger partial charge in [0.15, 0.2) is 0 Å². The smallest absolute Gasteiger partial charge is 0.0591 e. The van der Waals surface area contributed by atoms with Crippen molar-refractivity contribution in [2.75, 3.05) is 6.61 Å². The van der Waals surface area contributed by atoms with Crippen molar-refractivity contribution >= 4 is 0 Å². The van der Waals surface area contributed by atoms with Crippen molar-refractivity contribution < 1.29 is 4.74 Å². The summed E-state index contributed by atoms with van der Waals surface area (Å²) in [5.41, 5.74) is 4.34. The lowest BCUT2D eigenvalue weighted by Gasteiger charge is -2.25. The second-order valence-corrected chi connectivity index (χ2v) is 4.83. The van der Waals surface area contributed by atoms with Gasteiger partial charge in [-0.2, -0.15) is 0 Å². The number of nitrogens with two attached hydrogens (primary N) is 1. The van der Waals surface area contributed by atoms with Crippen molar-refractivity contribution in [3.63, 3.8) is 0 Å². The maximum Gasteiger partial charge on any atom is 0.0591 e. The van der Waals surface area contributed by atoms with E-state index in [-0.39, 0.29) is 0 Å². The molecule has 17 heavy (non-hydrogen) atoms. The van der Waals surface area contributed by atoms with Crippen molar-refractivity contribution in [3.05, 3.63) is 35.9 Å². The quantitative estimate of drug-likeness (QED) is 0.604. The van der Waals surface area contributed by atoms with E-state index in [4.69, 9.17) is 10.6 Å². The van der Waals surface area contributed by atoms with Crippen LogP contribution in [-0.4, -0.2) is 18.8 Å². The van der Waals surface area contributed by atoms with Gasteiger partial charge in [-0.25, -0.2) is 0 Å². The molecule has 3 heteroatoms. The SMILES string of the molecule is CC1OCCC1C(CCc1ccccc1)NN. The third-order valence-electron chi connectivity index (χ3n) is 3.75. The van der Waals surface area contributed by atoms with Gasteiger partial charge in [-0.1, -0.05) is 30.3 Å². The first kappa shape index (κ1) is 12.6. The van der Waals surface area contributed by atoms with E-state index < -0.39 is 0 Å². The van der Waals surface area contributed by atoms with Crippen molar-refractivity contribution in [1.29, 1.82) is 0 Å². The molecule has 2 rings (SSSR count). The molecule has 1 aliphatic heterocycles. The van der Waals surface area contributed by atoms with Crippen LogP contribution in [0.15, 0.2) is 30.3 Å². The number of hydrazine groups is 1. The Morgan fingerprint density at radius 2 is 2.18 bits per heavy atom. The monoisotopic (exact) mass is 234 g/mol. The Balaban J connectivity index is 1.87. The lowest BCUT2D eigenvalue weighted by atomic mass is 9.89. The summed E-state index contributed by atoms with van der Waals surface area (Å²) >= 11 is 0. The lowest BCUT2D eigenvalue weighted by molar-refractivity contribution is 0.0943. The second-order valence-electron chi connectivity index (χ2n) is 4.83. The highest BCUT2D eigenvalue weighted by atomic mass is 16.5. The van der Waals surface area contributed by atoms with Crippen LogP contribution in [0.1, 0.15) is 25.3 Å². The number of rotatable bonds is 5. The van der Waals surface area contributed by atoms with E-state index in [9.17, 15) is 0 Å². The number of hydrogen-bond acceptors (Lipinski definition) is 3. The van der Waals surface area contributed by atoms with Crippen molar-refractivity contribution in [2.45, 2.75) is 38.3 Å². The Morgan fingerprint density at radius 1 is 1.41 bits per heavy atom. The Bertz CT molecular complexity index is 328. The fourth-order valence-electron chi connectivity index (χ4n) is 2.66. The molecule has 0 spiro atoms. The van der Waals surface area contributed by atoms with Gasteiger partial charge in [-0.05, 0) is 31.7 Å². The molecule has 94 valence electrons. The molecule has 0 aromatic heterocycles. The first-order valence-electron chi connectivity index (χ1n) is 6.43. The minimum atomic E-state index is 0.326. The molecule has 0 bridgehead atoms. The number of aryl methyl sites for hydroxylation is 1. The van der Waals surface area contributed by atoms with Gasteiger partial charge in [-0.3, -0.25) is 11.3 Å². The van der Waals surface area contributed by atoms with Crippen LogP contribution in [-0.2, 0) is 11.2 Å². The fraction of sp³-hybridized carbons (Fsp3) is 0.571. The van der Waals surface area contributed by atoms with Crippen LogP contribution in [0.2, 0.25) is 0 Å². The van der Waals surface area contributed by atoms with Gasteiger partial charge in [0.25, 0.3) is 0 Å². The topological polar surface area (TPSA) is 47.3 Å². The number of ether oxygens (including phenoxy) is 1. The summed E-state index contributed by atoms with van der Waals surface area (Å²) < 4.78 is 5.60. The highest BCUT2D eigenvalue weighted by molar-refractivity contribution is 5.14. The van der Waals surface area contributed by atoms with Crippen LogP contribution in [0.3, 0.4) is 0 Å². The standard InChI is InChI=1S/C14H22N2O/c1-11-13(9-10-17-11)14(16-15)8-7-12-5-3-2-4-6-12/h2-6,11,13-14,16H,7-10,15H2,1H3. The van der Waals surface area contributed by atoms with Crippen LogP contribution in [0.5, 0.6) is 0 Å². The Morgan fingerprint density at radius 3 is 2.76 bits per heavy atom. The zero-order valence-electron chi connectivity index (χ0n) is 10.4. The normalized spacial score (nSPS) is 26.0. The zero-order valence-corrected chi connectivity index (χ0v) is 10.4. The molecule has 1 heterocycles. The van der Waals surface area contributed by atoms with E-state index in [1.165, 1.54) is 5.56 Å². The first-order chi connectivity index (χ1) is 8.31. The molecule has 1 fully saturated rings. The molecule has 1 aromatic rings. The van der Waals surface area contributed by atoms with E-state index in [1.54, 1.807) is 0 Å². The maximum atomic E-state index is 5.67. The number of nitrogens with one attached hydrogen (secondary N) is 1. The maximum absolute atomic E-state index is 5.67. The summed E-state index contributed by atoms with van der Waals surface area (Å²) in [7, 11) is 0. The van der Waals surface area contributed by atoms with Gasteiger partial charge in [0.05, 0.1) is 6.10 Å². The summed E-state index contributed by atoms with van der Waals surface area (Å²) in [5.74, 6) is 6.22. The van der Waals surface area contributed by atoms with E-state index >= 15 is 0 Å². The third kappa shape index (κ3) is 3.28. The summed E-state index contributed by atoms with van der Waals surface area (Å²) in [6.45, 7) is 3.01. The van der Waals surface area contributed by atoms with Crippen LogP contribution >= 0.6 is 0 Å². The third-order valence-corrected chi connectivity index (χ3v) is 3.75. The lowest BCUT2D eigenvalue weighted by Crippen LogP contribution is -2.43. The van der Waals surface area contributed by atoms with Crippen molar-refractivity contribution in [1.82, 2.24) is 5.43 Å². The highest BCUT2D eigenvalue weighted by Crippen LogP contribution is 2.25. The van der Waals surface area contributed by atoms with Gasteiger partial charge < -0.3 is 4.74 Å².